The molecule has 0 saturated carbocycles. The number of ether oxygens (including phenoxy) is 2. The van der Waals surface area contributed by atoms with E-state index in [0.717, 1.165) is 29.2 Å². The molecule has 2 atom stereocenters. The number of methoxy groups -OCH3 is 1. The fourth-order valence-corrected chi connectivity index (χ4v) is 2.83. The van der Waals surface area contributed by atoms with E-state index in [4.69, 9.17) is 9.47 Å². The summed E-state index contributed by atoms with van der Waals surface area (Å²) in [6.07, 6.45) is 0.354. The van der Waals surface area contributed by atoms with E-state index >= 15 is 0 Å². The Morgan fingerprint density at radius 1 is 1.25 bits per heavy atom. The van der Waals surface area contributed by atoms with Crippen molar-refractivity contribution in [3.05, 3.63) is 53.6 Å². The Morgan fingerprint density at radius 2 is 2.04 bits per heavy atom. The Labute approximate surface area is 142 Å². The number of aliphatic hydroxyl groups excluding tert-OH is 1. The molecule has 24 heavy (non-hydrogen) atoms. The van der Waals surface area contributed by atoms with Crippen LogP contribution in [0.5, 0.6) is 11.5 Å². The summed E-state index contributed by atoms with van der Waals surface area (Å²) in [4.78, 5) is 0. The van der Waals surface area contributed by atoms with Crippen molar-refractivity contribution in [2.24, 2.45) is 0 Å². The maximum atomic E-state index is 10.4. The normalized spacial score (nSPS) is 15.1. The first-order chi connectivity index (χ1) is 11.7. The summed E-state index contributed by atoms with van der Waals surface area (Å²) in [7, 11) is 1.67. The molecule has 2 aromatic carbocycles. The number of benzene rings is 2. The van der Waals surface area contributed by atoms with Gasteiger partial charge in [0.15, 0.2) is 6.73 Å². The highest BCUT2D eigenvalue weighted by molar-refractivity contribution is 5.60. The van der Waals surface area contributed by atoms with Gasteiger partial charge in [0.1, 0.15) is 11.5 Å². The van der Waals surface area contributed by atoms with Crippen LogP contribution < -0.4 is 20.1 Å². The summed E-state index contributed by atoms with van der Waals surface area (Å²) in [6, 6.07) is 14.1. The van der Waals surface area contributed by atoms with Crippen molar-refractivity contribution in [2.75, 3.05) is 25.7 Å². The first kappa shape index (κ1) is 16.6. The van der Waals surface area contributed by atoms with Gasteiger partial charge >= 0.3 is 0 Å². The molecule has 0 aliphatic carbocycles. The SMILES string of the molecule is COc1ccc(CC(C)NCC(O)c2ccc3c(c2)NCO3)cc1. The van der Waals surface area contributed by atoms with Crippen molar-refractivity contribution < 1.29 is 14.6 Å². The minimum atomic E-state index is -0.545. The molecule has 0 fully saturated rings. The number of hydrogen-bond acceptors (Lipinski definition) is 5. The Kier molecular flexibility index (Phi) is 5.23. The van der Waals surface area contributed by atoms with Crippen molar-refractivity contribution in [2.45, 2.75) is 25.5 Å². The Morgan fingerprint density at radius 3 is 2.79 bits per heavy atom. The molecule has 3 N–H and O–H groups in total. The molecule has 0 amide bonds. The predicted octanol–water partition coefficient (Wildman–Crippen LogP) is 2.71. The Hall–Kier alpha value is -2.24. The van der Waals surface area contributed by atoms with Gasteiger partial charge in [-0.3, -0.25) is 0 Å². The first-order valence-electron chi connectivity index (χ1n) is 8.20. The highest BCUT2D eigenvalue weighted by atomic mass is 16.5. The molecular formula is C19H24N2O3. The van der Waals surface area contributed by atoms with Gasteiger partial charge in [-0.15, -0.1) is 0 Å². The number of hydrogen-bond donors (Lipinski definition) is 3. The van der Waals surface area contributed by atoms with Crippen LogP contribution in [0.1, 0.15) is 24.2 Å². The van der Waals surface area contributed by atoms with Gasteiger partial charge in [-0.1, -0.05) is 18.2 Å². The molecule has 2 aromatic rings. The average molecular weight is 328 g/mol. The maximum absolute atomic E-state index is 10.4. The number of aliphatic hydroxyl groups is 1. The summed E-state index contributed by atoms with van der Waals surface area (Å²) in [6.45, 7) is 3.12. The molecule has 0 saturated heterocycles. The molecule has 2 unspecified atom stereocenters. The van der Waals surface area contributed by atoms with Crippen LogP contribution in [0.25, 0.3) is 0 Å². The van der Waals surface area contributed by atoms with E-state index in [1.54, 1.807) is 7.11 Å². The third-order valence-corrected chi connectivity index (χ3v) is 4.24. The van der Waals surface area contributed by atoms with Crippen molar-refractivity contribution in [3.63, 3.8) is 0 Å². The lowest BCUT2D eigenvalue weighted by atomic mass is 10.1. The van der Waals surface area contributed by atoms with Gasteiger partial charge in [0.25, 0.3) is 0 Å². The highest BCUT2D eigenvalue weighted by Crippen LogP contribution is 2.31. The molecule has 0 spiro atoms. The van der Waals surface area contributed by atoms with Gasteiger partial charge in [-0.2, -0.15) is 0 Å². The van der Waals surface area contributed by atoms with Crippen molar-refractivity contribution >= 4 is 5.69 Å². The van der Waals surface area contributed by atoms with Gasteiger partial charge in [0.05, 0.1) is 18.9 Å². The van der Waals surface area contributed by atoms with Gasteiger partial charge < -0.3 is 25.2 Å². The van der Waals surface area contributed by atoms with Crippen LogP contribution >= 0.6 is 0 Å². The molecule has 0 radical (unpaired) electrons. The summed E-state index contributed by atoms with van der Waals surface area (Å²) < 4.78 is 10.6. The van der Waals surface area contributed by atoms with Gasteiger partial charge in [-0.05, 0) is 48.7 Å². The lowest BCUT2D eigenvalue weighted by Crippen LogP contribution is -2.32. The molecule has 128 valence electrons. The summed E-state index contributed by atoms with van der Waals surface area (Å²) in [5.74, 6) is 1.70. The van der Waals surface area contributed by atoms with E-state index in [1.165, 1.54) is 5.56 Å². The van der Waals surface area contributed by atoms with E-state index in [9.17, 15) is 5.11 Å². The second-order valence-electron chi connectivity index (χ2n) is 6.10. The number of fused-ring (bicyclic) bond motifs is 1. The maximum Gasteiger partial charge on any atom is 0.159 e. The van der Waals surface area contributed by atoms with E-state index in [1.807, 2.05) is 30.3 Å². The fraction of sp³-hybridized carbons (Fsp3) is 0.368. The first-order valence-corrected chi connectivity index (χ1v) is 8.20. The van der Waals surface area contributed by atoms with Gasteiger partial charge in [-0.25, -0.2) is 0 Å². The zero-order valence-electron chi connectivity index (χ0n) is 14.1. The summed E-state index contributed by atoms with van der Waals surface area (Å²) in [5.41, 5.74) is 3.07. The van der Waals surface area contributed by atoms with Crippen molar-refractivity contribution in [1.29, 1.82) is 0 Å². The molecule has 0 bridgehead atoms. The molecule has 0 aromatic heterocycles. The smallest absolute Gasteiger partial charge is 0.159 e. The third-order valence-electron chi connectivity index (χ3n) is 4.24. The minimum absolute atomic E-state index is 0.268. The Balaban J connectivity index is 1.50. The van der Waals surface area contributed by atoms with Crippen LogP contribution in [0.2, 0.25) is 0 Å². The number of nitrogens with one attached hydrogen (secondary N) is 2. The molecule has 5 nitrogen and oxygen atoms in total. The standard InChI is InChI=1S/C19H24N2O3/c1-13(9-14-3-6-16(23-2)7-4-14)20-11-18(22)15-5-8-19-17(10-15)21-12-24-19/h3-8,10,13,18,20-22H,9,11-12H2,1-2H3. The van der Waals surface area contributed by atoms with Crippen LogP contribution in [0.3, 0.4) is 0 Å². The van der Waals surface area contributed by atoms with E-state index in [2.05, 4.69) is 29.7 Å². The fourth-order valence-electron chi connectivity index (χ4n) is 2.83. The van der Waals surface area contributed by atoms with E-state index in [-0.39, 0.29) is 6.04 Å². The lowest BCUT2D eigenvalue weighted by Gasteiger charge is -2.18. The molecule has 1 heterocycles. The number of rotatable bonds is 7. The summed E-state index contributed by atoms with van der Waals surface area (Å²) in [5, 5.41) is 16.9. The second kappa shape index (κ2) is 7.55. The van der Waals surface area contributed by atoms with E-state index in [0.29, 0.717) is 13.3 Å². The van der Waals surface area contributed by atoms with E-state index < -0.39 is 6.10 Å². The quantitative estimate of drug-likeness (QED) is 0.729. The molecule has 5 heteroatoms. The summed E-state index contributed by atoms with van der Waals surface area (Å²) >= 11 is 0. The third kappa shape index (κ3) is 3.99. The number of anilines is 1. The average Bonchev–Trinajstić information content (AvgIpc) is 3.08. The van der Waals surface area contributed by atoms with Crippen LogP contribution in [0.4, 0.5) is 5.69 Å². The monoisotopic (exact) mass is 328 g/mol. The van der Waals surface area contributed by atoms with Crippen LogP contribution in [-0.2, 0) is 6.42 Å². The second-order valence-corrected chi connectivity index (χ2v) is 6.10. The highest BCUT2D eigenvalue weighted by Gasteiger charge is 2.15. The molecule has 3 rings (SSSR count). The molecule has 1 aliphatic rings. The molecule has 1 aliphatic heterocycles. The Bertz CT molecular complexity index is 673. The zero-order valence-corrected chi connectivity index (χ0v) is 14.1. The topological polar surface area (TPSA) is 62.8 Å². The van der Waals surface area contributed by atoms with Crippen LogP contribution in [0, 0.1) is 0 Å². The predicted molar refractivity (Wildman–Crippen MR) is 94.7 cm³/mol. The van der Waals surface area contributed by atoms with Crippen LogP contribution in [-0.4, -0.2) is 31.5 Å². The van der Waals surface area contributed by atoms with Crippen LogP contribution in [0.15, 0.2) is 42.5 Å². The van der Waals surface area contributed by atoms with Gasteiger partial charge in [0, 0.05) is 12.6 Å². The van der Waals surface area contributed by atoms with Gasteiger partial charge in [0.2, 0.25) is 0 Å². The van der Waals surface area contributed by atoms with Crippen molar-refractivity contribution in [3.8, 4) is 11.5 Å². The zero-order chi connectivity index (χ0) is 16.9. The van der Waals surface area contributed by atoms with Crippen molar-refractivity contribution in [1.82, 2.24) is 5.32 Å². The molecular weight excluding hydrogens is 304 g/mol. The largest absolute Gasteiger partial charge is 0.497 e. The lowest BCUT2D eigenvalue weighted by molar-refractivity contribution is 0.170. The minimum Gasteiger partial charge on any atom is -0.497 e.